The molecule has 1 aromatic carbocycles. The van der Waals surface area contributed by atoms with Crippen LogP contribution in [0.4, 0.5) is 0 Å². The second-order valence-electron chi connectivity index (χ2n) is 4.73. The van der Waals surface area contributed by atoms with Crippen LogP contribution in [-0.2, 0) is 0 Å². The smallest absolute Gasteiger partial charge is 0.247 e. The Morgan fingerprint density at radius 1 is 1.21 bits per heavy atom. The van der Waals surface area contributed by atoms with Crippen LogP contribution >= 0.6 is 0 Å². The van der Waals surface area contributed by atoms with Crippen molar-refractivity contribution in [3.63, 3.8) is 0 Å². The van der Waals surface area contributed by atoms with Crippen LogP contribution in [0.1, 0.15) is 44.2 Å². The lowest BCUT2D eigenvalue weighted by atomic mass is 9.99. The van der Waals surface area contributed by atoms with Crippen LogP contribution < -0.4 is 4.74 Å². The van der Waals surface area contributed by atoms with Crippen LogP contribution in [0.15, 0.2) is 22.6 Å². The highest BCUT2D eigenvalue weighted by atomic mass is 16.5. The summed E-state index contributed by atoms with van der Waals surface area (Å²) < 4.78 is 10.8. The predicted molar refractivity (Wildman–Crippen MR) is 71.0 cm³/mol. The second kappa shape index (κ2) is 5.40. The summed E-state index contributed by atoms with van der Waals surface area (Å²) in [6, 6.07) is 5.73. The molecule has 1 atom stereocenters. The molecule has 0 bridgehead atoms. The molecule has 1 heterocycles. The Labute approximate surface area is 112 Å². The van der Waals surface area contributed by atoms with Crippen molar-refractivity contribution in [2.45, 2.75) is 32.8 Å². The molecule has 1 aromatic heterocycles. The molecule has 1 N–H and O–H groups in total. The minimum atomic E-state index is -0.760. The Bertz CT molecular complexity index is 562. The van der Waals surface area contributed by atoms with Gasteiger partial charge in [-0.25, -0.2) is 0 Å². The Balaban J connectivity index is 2.42. The number of nitrogens with zero attached hydrogens (tertiary/aromatic N) is 2. The zero-order chi connectivity index (χ0) is 14.0. The number of hydrogen-bond donors (Lipinski definition) is 1. The Morgan fingerprint density at radius 3 is 2.47 bits per heavy atom. The molecule has 2 rings (SSSR count). The van der Waals surface area contributed by atoms with Gasteiger partial charge in [-0.2, -0.15) is 0 Å². The Hall–Kier alpha value is -1.88. The molecular weight excluding hydrogens is 244 g/mol. The fourth-order valence-electron chi connectivity index (χ4n) is 1.84. The van der Waals surface area contributed by atoms with E-state index in [9.17, 15) is 5.11 Å². The lowest BCUT2D eigenvalue weighted by Gasteiger charge is -2.12. The highest BCUT2D eigenvalue weighted by Crippen LogP contribution is 2.31. The number of aromatic nitrogens is 2. The van der Waals surface area contributed by atoms with Gasteiger partial charge in [0.05, 0.1) is 7.11 Å². The first kappa shape index (κ1) is 13.5. The van der Waals surface area contributed by atoms with Gasteiger partial charge in [0.25, 0.3) is 0 Å². The summed E-state index contributed by atoms with van der Waals surface area (Å²) in [5.41, 5.74) is 1.90. The van der Waals surface area contributed by atoms with Gasteiger partial charge >= 0.3 is 0 Å². The van der Waals surface area contributed by atoms with Crippen LogP contribution in [0, 0.1) is 0 Å². The fraction of sp³-hybridized carbons (Fsp3) is 0.429. The van der Waals surface area contributed by atoms with Gasteiger partial charge in [-0.05, 0) is 36.6 Å². The third kappa shape index (κ3) is 2.76. The summed E-state index contributed by atoms with van der Waals surface area (Å²) in [4.78, 5) is 0. The van der Waals surface area contributed by atoms with Gasteiger partial charge in [0.2, 0.25) is 11.8 Å². The number of rotatable bonds is 4. The van der Waals surface area contributed by atoms with Gasteiger partial charge in [0.15, 0.2) is 0 Å². The van der Waals surface area contributed by atoms with Crippen molar-refractivity contribution < 1.29 is 14.3 Å². The molecule has 0 saturated carbocycles. The first-order chi connectivity index (χ1) is 9.02. The van der Waals surface area contributed by atoms with E-state index in [0.717, 1.165) is 16.9 Å². The summed E-state index contributed by atoms with van der Waals surface area (Å²) in [7, 11) is 1.65. The van der Waals surface area contributed by atoms with Gasteiger partial charge < -0.3 is 14.3 Å². The Kier molecular flexibility index (Phi) is 3.85. The van der Waals surface area contributed by atoms with Gasteiger partial charge in [0.1, 0.15) is 11.9 Å². The number of aliphatic hydroxyl groups excluding tert-OH is 1. The molecule has 5 heteroatoms. The van der Waals surface area contributed by atoms with E-state index in [1.807, 2.05) is 18.2 Å². The molecule has 0 fully saturated rings. The molecular formula is C14H18N2O3. The van der Waals surface area contributed by atoms with Crippen LogP contribution in [0.25, 0.3) is 11.5 Å². The lowest BCUT2D eigenvalue weighted by molar-refractivity contribution is 0.163. The highest BCUT2D eigenvalue weighted by Gasteiger charge is 2.15. The molecule has 19 heavy (non-hydrogen) atoms. The number of methoxy groups -OCH3 is 1. The van der Waals surface area contributed by atoms with Crippen molar-refractivity contribution in [2.75, 3.05) is 7.11 Å². The normalized spacial score (nSPS) is 12.7. The van der Waals surface area contributed by atoms with Crippen molar-refractivity contribution >= 4 is 0 Å². The monoisotopic (exact) mass is 262 g/mol. The zero-order valence-corrected chi connectivity index (χ0v) is 11.5. The quantitative estimate of drug-likeness (QED) is 0.917. The minimum absolute atomic E-state index is 0.219. The summed E-state index contributed by atoms with van der Waals surface area (Å²) >= 11 is 0. The van der Waals surface area contributed by atoms with Crippen LogP contribution in [0.2, 0.25) is 0 Å². The highest BCUT2D eigenvalue weighted by molar-refractivity contribution is 5.57. The number of hydrogen-bond acceptors (Lipinski definition) is 5. The first-order valence-corrected chi connectivity index (χ1v) is 6.22. The van der Waals surface area contributed by atoms with E-state index in [1.165, 1.54) is 0 Å². The van der Waals surface area contributed by atoms with Crippen molar-refractivity contribution in [1.82, 2.24) is 10.2 Å². The summed E-state index contributed by atoms with van der Waals surface area (Å²) in [5.74, 6) is 1.79. The van der Waals surface area contributed by atoms with E-state index in [0.29, 0.717) is 11.8 Å². The van der Waals surface area contributed by atoms with Crippen molar-refractivity contribution in [3.8, 4) is 17.2 Å². The van der Waals surface area contributed by atoms with Crippen molar-refractivity contribution in [3.05, 3.63) is 29.7 Å². The molecule has 0 saturated heterocycles. The Morgan fingerprint density at radius 2 is 1.95 bits per heavy atom. The number of benzene rings is 1. The van der Waals surface area contributed by atoms with E-state index in [1.54, 1.807) is 14.0 Å². The number of aliphatic hydroxyl groups is 1. The van der Waals surface area contributed by atoms with Gasteiger partial charge in [0, 0.05) is 5.56 Å². The third-order valence-corrected chi connectivity index (χ3v) is 2.90. The minimum Gasteiger partial charge on any atom is -0.496 e. The number of ether oxygens (including phenoxy) is 1. The molecule has 102 valence electrons. The van der Waals surface area contributed by atoms with Crippen molar-refractivity contribution in [2.24, 2.45) is 0 Å². The zero-order valence-electron chi connectivity index (χ0n) is 11.5. The molecule has 0 radical (unpaired) electrons. The molecule has 0 aliphatic carbocycles. The van der Waals surface area contributed by atoms with Gasteiger partial charge in [-0.15, -0.1) is 10.2 Å². The van der Waals surface area contributed by atoms with Gasteiger partial charge in [-0.1, -0.05) is 13.8 Å². The summed E-state index contributed by atoms with van der Waals surface area (Å²) in [6.45, 7) is 5.78. The molecule has 0 spiro atoms. The average Bonchev–Trinajstić information content (AvgIpc) is 2.87. The van der Waals surface area contributed by atoms with E-state index >= 15 is 0 Å². The van der Waals surface area contributed by atoms with E-state index in [-0.39, 0.29) is 5.89 Å². The SMILES string of the molecule is COc1ccc(-c2nnc(C(C)O)o2)cc1C(C)C. The molecule has 0 aliphatic heterocycles. The van der Waals surface area contributed by atoms with Crippen molar-refractivity contribution in [1.29, 1.82) is 0 Å². The van der Waals surface area contributed by atoms with Crippen LogP contribution in [-0.4, -0.2) is 22.4 Å². The molecule has 0 aliphatic rings. The van der Waals surface area contributed by atoms with Gasteiger partial charge in [-0.3, -0.25) is 0 Å². The fourth-order valence-corrected chi connectivity index (χ4v) is 1.84. The van der Waals surface area contributed by atoms with Crippen LogP contribution in [0.3, 0.4) is 0 Å². The van der Waals surface area contributed by atoms with Crippen LogP contribution in [0.5, 0.6) is 5.75 Å². The third-order valence-electron chi connectivity index (χ3n) is 2.90. The lowest BCUT2D eigenvalue weighted by Crippen LogP contribution is -1.95. The molecule has 0 amide bonds. The maximum atomic E-state index is 9.39. The van der Waals surface area contributed by atoms with E-state index in [2.05, 4.69) is 24.0 Å². The molecule has 1 unspecified atom stereocenters. The maximum absolute atomic E-state index is 9.39. The predicted octanol–water partition coefficient (Wildman–Crippen LogP) is 2.92. The molecule has 5 nitrogen and oxygen atoms in total. The molecule has 2 aromatic rings. The topological polar surface area (TPSA) is 68.4 Å². The first-order valence-electron chi connectivity index (χ1n) is 6.22. The summed E-state index contributed by atoms with van der Waals surface area (Å²) in [6.07, 6.45) is -0.760. The second-order valence-corrected chi connectivity index (χ2v) is 4.73. The largest absolute Gasteiger partial charge is 0.496 e. The maximum Gasteiger partial charge on any atom is 0.247 e. The van der Waals surface area contributed by atoms with E-state index in [4.69, 9.17) is 9.15 Å². The standard InChI is InChI=1S/C14H18N2O3/c1-8(2)11-7-10(5-6-12(11)18-4)14-16-15-13(19-14)9(3)17/h5-9,17H,1-4H3. The average molecular weight is 262 g/mol. The summed E-state index contributed by atoms with van der Waals surface area (Å²) in [5, 5.41) is 17.2. The van der Waals surface area contributed by atoms with E-state index < -0.39 is 6.10 Å².